The van der Waals surface area contributed by atoms with E-state index in [1.54, 1.807) is 6.33 Å². The van der Waals surface area contributed by atoms with Crippen LogP contribution in [0.1, 0.15) is 51.8 Å². The lowest BCUT2D eigenvalue weighted by atomic mass is 9.95. The normalized spacial score (nSPS) is 15.8. The van der Waals surface area contributed by atoms with Crippen molar-refractivity contribution in [3.8, 4) is 0 Å². The van der Waals surface area contributed by atoms with Crippen LogP contribution in [0.2, 0.25) is 0 Å². The van der Waals surface area contributed by atoms with Crippen LogP contribution in [0.5, 0.6) is 0 Å². The first-order chi connectivity index (χ1) is 12.2. The molecule has 8 heteroatoms. The largest absolute Gasteiger partial charge is 0.357 e. The van der Waals surface area contributed by atoms with Crippen molar-refractivity contribution in [3.63, 3.8) is 0 Å². The maximum absolute atomic E-state index is 12.1. The van der Waals surface area contributed by atoms with Crippen molar-refractivity contribution in [2.75, 3.05) is 19.6 Å². The SMILES string of the molecule is CCNC(=NCC(=O)NC1CCCCC1)NCCn1cnnc1CC. The van der Waals surface area contributed by atoms with E-state index in [2.05, 4.69) is 38.1 Å². The van der Waals surface area contributed by atoms with Gasteiger partial charge in [0.15, 0.2) is 5.96 Å². The zero-order chi connectivity index (χ0) is 17.9. The molecule has 0 radical (unpaired) electrons. The number of aromatic nitrogens is 3. The van der Waals surface area contributed by atoms with Crippen molar-refractivity contribution < 1.29 is 4.79 Å². The lowest BCUT2D eigenvalue weighted by molar-refractivity contribution is -0.120. The molecule has 1 amide bonds. The van der Waals surface area contributed by atoms with Crippen LogP contribution in [0.15, 0.2) is 11.3 Å². The first-order valence-electron chi connectivity index (χ1n) is 9.41. The Bertz CT molecular complexity index is 549. The summed E-state index contributed by atoms with van der Waals surface area (Å²) in [6.45, 7) is 6.43. The number of carbonyl (C=O) groups excluding carboxylic acids is 1. The molecule has 1 fully saturated rings. The first kappa shape index (κ1) is 19.2. The van der Waals surface area contributed by atoms with Gasteiger partial charge in [0, 0.05) is 32.1 Å². The average Bonchev–Trinajstić information content (AvgIpc) is 3.08. The van der Waals surface area contributed by atoms with Crippen molar-refractivity contribution in [1.82, 2.24) is 30.7 Å². The zero-order valence-corrected chi connectivity index (χ0v) is 15.4. The van der Waals surface area contributed by atoms with Crippen LogP contribution in [0, 0.1) is 0 Å². The lowest BCUT2D eigenvalue weighted by Gasteiger charge is -2.22. The van der Waals surface area contributed by atoms with E-state index in [0.29, 0.717) is 18.5 Å². The summed E-state index contributed by atoms with van der Waals surface area (Å²) in [5.41, 5.74) is 0. The Labute approximate surface area is 149 Å². The van der Waals surface area contributed by atoms with Gasteiger partial charge in [-0.3, -0.25) is 4.79 Å². The number of guanidine groups is 1. The summed E-state index contributed by atoms with van der Waals surface area (Å²) in [7, 11) is 0. The number of rotatable bonds is 8. The van der Waals surface area contributed by atoms with Gasteiger partial charge in [0.2, 0.25) is 5.91 Å². The molecule has 25 heavy (non-hydrogen) atoms. The number of aryl methyl sites for hydroxylation is 1. The topological polar surface area (TPSA) is 96.2 Å². The van der Waals surface area contributed by atoms with Gasteiger partial charge in [0.1, 0.15) is 18.7 Å². The van der Waals surface area contributed by atoms with Gasteiger partial charge in [-0.05, 0) is 19.8 Å². The van der Waals surface area contributed by atoms with E-state index in [1.165, 1.54) is 19.3 Å². The summed E-state index contributed by atoms with van der Waals surface area (Å²) in [5, 5.41) is 17.5. The maximum atomic E-state index is 12.1. The molecule has 3 N–H and O–H groups in total. The fourth-order valence-electron chi connectivity index (χ4n) is 3.05. The summed E-state index contributed by atoms with van der Waals surface area (Å²) in [5.74, 6) is 1.62. The van der Waals surface area contributed by atoms with Crippen LogP contribution >= 0.6 is 0 Å². The number of nitrogens with zero attached hydrogens (tertiary/aromatic N) is 4. The van der Waals surface area contributed by atoms with Gasteiger partial charge < -0.3 is 20.5 Å². The Morgan fingerprint density at radius 2 is 2.08 bits per heavy atom. The van der Waals surface area contributed by atoms with Gasteiger partial charge in [-0.25, -0.2) is 4.99 Å². The Hall–Kier alpha value is -2.12. The van der Waals surface area contributed by atoms with E-state index in [-0.39, 0.29) is 12.5 Å². The zero-order valence-electron chi connectivity index (χ0n) is 15.4. The predicted octanol–water partition coefficient (Wildman–Crippen LogP) is 0.845. The van der Waals surface area contributed by atoms with Crippen molar-refractivity contribution >= 4 is 11.9 Å². The molecule has 1 heterocycles. The van der Waals surface area contributed by atoms with Crippen LogP contribution in [0.3, 0.4) is 0 Å². The van der Waals surface area contributed by atoms with Gasteiger partial charge in [-0.1, -0.05) is 26.2 Å². The van der Waals surface area contributed by atoms with Crippen molar-refractivity contribution in [1.29, 1.82) is 0 Å². The molecule has 1 aliphatic rings. The highest BCUT2D eigenvalue weighted by molar-refractivity contribution is 5.85. The highest BCUT2D eigenvalue weighted by atomic mass is 16.1. The average molecular weight is 349 g/mol. The van der Waals surface area contributed by atoms with E-state index in [0.717, 1.165) is 38.2 Å². The molecule has 0 bridgehead atoms. The molecule has 0 spiro atoms. The van der Waals surface area contributed by atoms with Crippen LogP contribution in [0.4, 0.5) is 0 Å². The number of amides is 1. The van der Waals surface area contributed by atoms with E-state index in [4.69, 9.17) is 0 Å². The minimum Gasteiger partial charge on any atom is -0.357 e. The molecule has 1 saturated carbocycles. The highest BCUT2D eigenvalue weighted by Crippen LogP contribution is 2.17. The Morgan fingerprint density at radius 3 is 2.80 bits per heavy atom. The smallest absolute Gasteiger partial charge is 0.242 e. The van der Waals surface area contributed by atoms with E-state index in [1.807, 2.05) is 11.5 Å². The molecular weight excluding hydrogens is 318 g/mol. The predicted molar refractivity (Wildman–Crippen MR) is 98.4 cm³/mol. The lowest BCUT2D eigenvalue weighted by Crippen LogP contribution is -2.41. The van der Waals surface area contributed by atoms with E-state index >= 15 is 0 Å². The number of carbonyl (C=O) groups is 1. The highest BCUT2D eigenvalue weighted by Gasteiger charge is 2.15. The van der Waals surface area contributed by atoms with E-state index < -0.39 is 0 Å². The Kier molecular flexibility index (Phi) is 8.21. The summed E-state index contributed by atoms with van der Waals surface area (Å²) in [6, 6.07) is 0.327. The molecule has 140 valence electrons. The summed E-state index contributed by atoms with van der Waals surface area (Å²) in [4.78, 5) is 16.5. The molecule has 1 aromatic rings. The van der Waals surface area contributed by atoms with Crippen LogP contribution in [-0.2, 0) is 17.8 Å². The van der Waals surface area contributed by atoms with Gasteiger partial charge >= 0.3 is 0 Å². The molecule has 1 aromatic heterocycles. The van der Waals surface area contributed by atoms with Crippen LogP contribution in [0.25, 0.3) is 0 Å². The molecule has 1 aliphatic carbocycles. The third-order valence-electron chi connectivity index (χ3n) is 4.35. The maximum Gasteiger partial charge on any atom is 0.242 e. The summed E-state index contributed by atoms with van der Waals surface area (Å²) in [6.07, 6.45) is 8.48. The second-order valence-corrected chi connectivity index (χ2v) is 6.32. The number of aliphatic imine (C=N–C) groups is 1. The number of nitrogens with one attached hydrogen (secondary N) is 3. The molecule has 0 unspecified atom stereocenters. The Balaban J connectivity index is 1.75. The molecular formula is C17H31N7O. The Morgan fingerprint density at radius 1 is 1.28 bits per heavy atom. The molecule has 0 atom stereocenters. The standard InChI is InChI=1S/C17H31N7O/c1-3-15-23-21-13-24(15)11-10-19-17(18-4-2)20-12-16(25)22-14-8-6-5-7-9-14/h13-14H,3-12H2,1-2H3,(H,22,25)(H2,18,19,20). The molecule has 8 nitrogen and oxygen atoms in total. The quantitative estimate of drug-likeness (QED) is 0.477. The summed E-state index contributed by atoms with van der Waals surface area (Å²) < 4.78 is 2.02. The molecule has 2 rings (SSSR count). The van der Waals surface area contributed by atoms with Crippen molar-refractivity contribution in [2.45, 2.75) is 65.0 Å². The number of hydrogen-bond acceptors (Lipinski definition) is 4. The van der Waals surface area contributed by atoms with Gasteiger partial charge in [0.05, 0.1) is 0 Å². The van der Waals surface area contributed by atoms with Gasteiger partial charge in [-0.15, -0.1) is 10.2 Å². The van der Waals surface area contributed by atoms with E-state index in [9.17, 15) is 4.79 Å². The third-order valence-corrected chi connectivity index (χ3v) is 4.35. The fourth-order valence-corrected chi connectivity index (χ4v) is 3.05. The third kappa shape index (κ3) is 6.72. The molecule has 0 saturated heterocycles. The van der Waals surface area contributed by atoms with Gasteiger partial charge in [0.25, 0.3) is 0 Å². The minimum atomic E-state index is -0.00354. The molecule has 0 aromatic carbocycles. The second-order valence-electron chi connectivity index (χ2n) is 6.32. The van der Waals surface area contributed by atoms with Crippen LogP contribution in [-0.4, -0.2) is 52.3 Å². The van der Waals surface area contributed by atoms with Crippen LogP contribution < -0.4 is 16.0 Å². The fraction of sp³-hybridized carbons (Fsp3) is 0.765. The van der Waals surface area contributed by atoms with Crippen molar-refractivity contribution in [2.24, 2.45) is 4.99 Å². The number of hydrogen-bond donors (Lipinski definition) is 3. The second kappa shape index (κ2) is 10.7. The van der Waals surface area contributed by atoms with Gasteiger partial charge in [-0.2, -0.15) is 0 Å². The molecule has 0 aliphatic heterocycles. The monoisotopic (exact) mass is 349 g/mol. The minimum absolute atomic E-state index is 0.00354. The first-order valence-corrected chi connectivity index (χ1v) is 9.41. The summed E-state index contributed by atoms with van der Waals surface area (Å²) >= 11 is 0. The van der Waals surface area contributed by atoms with Crippen molar-refractivity contribution in [3.05, 3.63) is 12.2 Å².